The molecule has 0 radical (unpaired) electrons. The van der Waals surface area contributed by atoms with Gasteiger partial charge in [-0.25, -0.2) is 4.99 Å². The van der Waals surface area contributed by atoms with E-state index in [1.54, 1.807) is 11.3 Å². The lowest BCUT2D eigenvalue weighted by molar-refractivity contribution is 0.713. The van der Waals surface area contributed by atoms with Gasteiger partial charge in [0.2, 0.25) is 0 Å². The van der Waals surface area contributed by atoms with Crippen molar-refractivity contribution in [2.24, 2.45) is 19.1 Å². The lowest BCUT2D eigenvalue weighted by Crippen LogP contribution is -2.38. The van der Waals surface area contributed by atoms with E-state index in [9.17, 15) is 0 Å². The van der Waals surface area contributed by atoms with Gasteiger partial charge in [-0.2, -0.15) is 0 Å². The van der Waals surface area contributed by atoms with Crippen molar-refractivity contribution in [1.82, 2.24) is 30.0 Å². The van der Waals surface area contributed by atoms with E-state index in [-0.39, 0.29) is 24.0 Å². The third-order valence-electron chi connectivity index (χ3n) is 4.15. The van der Waals surface area contributed by atoms with Crippen LogP contribution in [0, 0.1) is 6.92 Å². The normalized spacial score (nSPS) is 11.3. The second-order valence-corrected chi connectivity index (χ2v) is 7.21. The van der Waals surface area contributed by atoms with Crippen LogP contribution in [0.1, 0.15) is 22.1 Å². The zero-order valence-corrected chi connectivity index (χ0v) is 19.0. The number of nitrogens with one attached hydrogen (secondary N) is 2. The first-order valence-electron chi connectivity index (χ1n) is 8.62. The average molecular weight is 499 g/mol. The second-order valence-electron chi connectivity index (χ2n) is 6.18. The van der Waals surface area contributed by atoms with E-state index in [0.29, 0.717) is 13.1 Å². The van der Waals surface area contributed by atoms with Gasteiger partial charge in [0.25, 0.3) is 0 Å². The smallest absolute Gasteiger partial charge is 0.191 e. The molecular weight excluding hydrogens is 473 g/mol. The maximum absolute atomic E-state index is 4.70. The number of rotatable bonds is 7. The summed E-state index contributed by atoms with van der Waals surface area (Å²) in [5.41, 5.74) is 1.18. The Bertz CT molecular complexity index is 851. The molecule has 0 saturated carbocycles. The minimum absolute atomic E-state index is 0. The first-order chi connectivity index (χ1) is 12.6. The molecule has 3 aromatic rings. The van der Waals surface area contributed by atoms with Gasteiger partial charge in [0.1, 0.15) is 5.82 Å². The number of guanidine groups is 1. The molecule has 9 heteroatoms. The van der Waals surface area contributed by atoms with Crippen LogP contribution in [0.4, 0.5) is 0 Å². The van der Waals surface area contributed by atoms with E-state index in [0.717, 1.165) is 30.6 Å². The van der Waals surface area contributed by atoms with E-state index in [4.69, 9.17) is 4.99 Å². The Hall–Kier alpha value is -1.88. The fourth-order valence-corrected chi connectivity index (χ4v) is 3.23. The van der Waals surface area contributed by atoms with E-state index < -0.39 is 0 Å². The molecule has 3 heterocycles. The van der Waals surface area contributed by atoms with Crippen LogP contribution in [0.25, 0.3) is 0 Å². The first-order valence-corrected chi connectivity index (χ1v) is 9.50. The second kappa shape index (κ2) is 10.5. The van der Waals surface area contributed by atoms with Crippen molar-refractivity contribution in [1.29, 1.82) is 0 Å². The number of halogens is 1. The van der Waals surface area contributed by atoms with Gasteiger partial charge < -0.3 is 19.8 Å². The summed E-state index contributed by atoms with van der Waals surface area (Å²) in [7, 11) is 3.99. The minimum atomic E-state index is 0. The Kier molecular flexibility index (Phi) is 8.29. The van der Waals surface area contributed by atoms with E-state index in [2.05, 4.69) is 50.6 Å². The predicted molar refractivity (Wildman–Crippen MR) is 121 cm³/mol. The maximum atomic E-state index is 4.70. The summed E-state index contributed by atoms with van der Waals surface area (Å²) >= 11 is 1.78. The highest BCUT2D eigenvalue weighted by Gasteiger charge is 2.06. The van der Waals surface area contributed by atoms with Gasteiger partial charge in [-0.1, -0.05) is 6.07 Å². The van der Waals surface area contributed by atoms with Crippen molar-refractivity contribution in [2.75, 3.05) is 6.54 Å². The molecule has 146 valence electrons. The highest BCUT2D eigenvalue weighted by atomic mass is 127. The molecule has 27 heavy (non-hydrogen) atoms. The van der Waals surface area contributed by atoms with Crippen LogP contribution in [0.2, 0.25) is 0 Å². The summed E-state index contributed by atoms with van der Waals surface area (Å²) in [5.74, 6) is 2.57. The molecule has 0 unspecified atom stereocenters. The largest absolute Gasteiger partial charge is 0.357 e. The first kappa shape index (κ1) is 21.4. The molecule has 0 amide bonds. The summed E-state index contributed by atoms with van der Waals surface area (Å²) in [6, 6.07) is 6.32. The molecule has 0 aliphatic carbocycles. The summed E-state index contributed by atoms with van der Waals surface area (Å²) in [6.45, 7) is 3.99. The van der Waals surface area contributed by atoms with Crippen LogP contribution in [-0.4, -0.2) is 31.8 Å². The summed E-state index contributed by atoms with van der Waals surface area (Å²) < 4.78 is 4.01. The molecule has 3 rings (SSSR count). The molecule has 0 saturated heterocycles. The van der Waals surface area contributed by atoms with Crippen molar-refractivity contribution < 1.29 is 0 Å². The zero-order chi connectivity index (χ0) is 18.4. The predicted octanol–water partition coefficient (Wildman–Crippen LogP) is 2.62. The fourth-order valence-electron chi connectivity index (χ4n) is 2.53. The Morgan fingerprint density at radius 2 is 2.07 bits per heavy atom. The summed E-state index contributed by atoms with van der Waals surface area (Å²) in [6.07, 6.45) is 5.09. The highest BCUT2D eigenvalue weighted by Crippen LogP contribution is 2.08. The van der Waals surface area contributed by atoms with Crippen molar-refractivity contribution in [3.63, 3.8) is 0 Å². The Balaban J connectivity index is 0.00000261. The Morgan fingerprint density at radius 1 is 1.22 bits per heavy atom. The third-order valence-corrected chi connectivity index (χ3v) is 5.09. The number of thiophene rings is 1. The van der Waals surface area contributed by atoms with E-state index in [1.807, 2.05) is 36.4 Å². The lowest BCUT2D eigenvalue weighted by atomic mass is 10.3. The van der Waals surface area contributed by atoms with Crippen molar-refractivity contribution in [3.05, 3.63) is 58.1 Å². The van der Waals surface area contributed by atoms with Gasteiger partial charge in [-0.05, 0) is 36.4 Å². The lowest BCUT2D eigenvalue weighted by Gasteiger charge is -2.12. The maximum Gasteiger partial charge on any atom is 0.191 e. The Labute approximate surface area is 180 Å². The molecule has 2 N–H and O–H groups in total. The van der Waals surface area contributed by atoms with Gasteiger partial charge >= 0.3 is 0 Å². The molecule has 0 aliphatic heterocycles. The van der Waals surface area contributed by atoms with Gasteiger partial charge in [0.15, 0.2) is 11.8 Å². The standard InChI is InChI=1S/C18H25N7S.HI/c1-14-22-23-17(25(14)3)12-21-18(19-8-6-16-5-4-10-26-16)20-11-15-7-9-24(2)13-15;/h4-5,7,9-10,13H,6,8,11-12H2,1-3H3,(H2,19,20,21);1H. The zero-order valence-electron chi connectivity index (χ0n) is 15.8. The Morgan fingerprint density at radius 3 is 2.70 bits per heavy atom. The monoisotopic (exact) mass is 499 g/mol. The van der Waals surface area contributed by atoms with Gasteiger partial charge in [0.05, 0.1) is 13.1 Å². The van der Waals surface area contributed by atoms with Gasteiger partial charge in [0, 0.05) is 37.9 Å². The van der Waals surface area contributed by atoms with Gasteiger partial charge in [-0.3, -0.25) is 0 Å². The topological polar surface area (TPSA) is 72.1 Å². The quantitative estimate of drug-likeness (QED) is 0.298. The molecule has 0 bridgehead atoms. The molecule has 0 aliphatic rings. The molecule has 0 spiro atoms. The molecular formula is C18H26IN7S. The number of hydrogen-bond donors (Lipinski definition) is 2. The number of hydrogen-bond acceptors (Lipinski definition) is 4. The van der Waals surface area contributed by atoms with Crippen LogP contribution in [0.3, 0.4) is 0 Å². The van der Waals surface area contributed by atoms with Gasteiger partial charge in [-0.15, -0.1) is 45.5 Å². The van der Waals surface area contributed by atoms with Crippen molar-refractivity contribution in [3.8, 4) is 0 Å². The SMILES string of the molecule is Cc1nnc(CNC(=NCc2ccn(C)c2)NCCc2cccs2)n1C.I. The van der Waals surface area contributed by atoms with E-state index >= 15 is 0 Å². The highest BCUT2D eigenvalue weighted by molar-refractivity contribution is 14.0. The van der Waals surface area contributed by atoms with E-state index in [1.165, 1.54) is 10.4 Å². The van der Waals surface area contributed by atoms with Crippen molar-refractivity contribution in [2.45, 2.75) is 26.4 Å². The van der Waals surface area contributed by atoms with Crippen LogP contribution >= 0.6 is 35.3 Å². The number of aliphatic imine (C=N–C) groups is 1. The summed E-state index contributed by atoms with van der Waals surface area (Å²) in [4.78, 5) is 6.07. The molecule has 3 aromatic heterocycles. The number of aryl methyl sites for hydroxylation is 2. The third kappa shape index (κ3) is 6.35. The number of aromatic nitrogens is 4. The molecule has 0 atom stereocenters. The number of nitrogens with zero attached hydrogens (tertiary/aromatic N) is 5. The van der Waals surface area contributed by atoms with Crippen LogP contribution < -0.4 is 10.6 Å². The fraction of sp³-hybridized carbons (Fsp3) is 0.389. The summed E-state index contributed by atoms with van der Waals surface area (Å²) in [5, 5.41) is 17.2. The van der Waals surface area contributed by atoms with Crippen LogP contribution in [0.15, 0.2) is 41.0 Å². The molecule has 7 nitrogen and oxygen atoms in total. The average Bonchev–Trinajstić information content (AvgIpc) is 3.35. The molecule has 0 aromatic carbocycles. The van der Waals surface area contributed by atoms with Crippen molar-refractivity contribution >= 4 is 41.3 Å². The molecule has 0 fully saturated rings. The van der Waals surface area contributed by atoms with Crippen LogP contribution in [0.5, 0.6) is 0 Å². The minimum Gasteiger partial charge on any atom is -0.357 e. The van der Waals surface area contributed by atoms with Crippen LogP contribution in [-0.2, 0) is 33.6 Å².